The summed E-state index contributed by atoms with van der Waals surface area (Å²) in [6, 6.07) is 12.3. The molecule has 4 rings (SSSR count). The Morgan fingerprint density at radius 3 is 2.18 bits per heavy atom. The number of carbonyl (C=O) groups excluding carboxylic acids is 1. The number of anilines is 1. The number of phenolic OH excluding ortho intramolecular Hbond substituents is 1. The van der Waals surface area contributed by atoms with Crippen LogP contribution in [0.3, 0.4) is 0 Å². The summed E-state index contributed by atoms with van der Waals surface area (Å²) < 4.78 is 0. The Balaban J connectivity index is 1.46. The molecule has 0 saturated carbocycles. The predicted molar refractivity (Wildman–Crippen MR) is 158 cm³/mol. The van der Waals surface area contributed by atoms with Crippen molar-refractivity contribution in [3.05, 3.63) is 64.3 Å². The Labute approximate surface area is 228 Å². The van der Waals surface area contributed by atoms with Crippen LogP contribution in [0.15, 0.2) is 36.4 Å². The molecule has 5 nitrogen and oxygen atoms in total. The summed E-state index contributed by atoms with van der Waals surface area (Å²) in [6.45, 7) is 13.8. The van der Waals surface area contributed by atoms with E-state index < -0.39 is 0 Å². The summed E-state index contributed by atoms with van der Waals surface area (Å²) in [5, 5.41) is 18.9. The number of hydrogen-bond acceptors (Lipinski definition) is 4. The first-order chi connectivity index (χ1) is 17.9. The number of carbonyl (C=O) groups is 1. The maximum Gasteiger partial charge on any atom is 0.224 e. The van der Waals surface area contributed by atoms with Crippen molar-refractivity contribution >= 4 is 22.5 Å². The molecule has 204 valence electrons. The molecule has 0 fully saturated rings. The van der Waals surface area contributed by atoms with Crippen molar-refractivity contribution in [2.24, 2.45) is 0 Å². The van der Waals surface area contributed by atoms with Gasteiger partial charge in [0.15, 0.2) is 0 Å². The van der Waals surface area contributed by atoms with Gasteiger partial charge in [-0.25, -0.2) is 0 Å². The van der Waals surface area contributed by atoms with Crippen LogP contribution in [0.1, 0.15) is 95.2 Å². The molecule has 38 heavy (non-hydrogen) atoms. The van der Waals surface area contributed by atoms with Gasteiger partial charge in [-0.2, -0.15) is 0 Å². The minimum atomic E-state index is -0.217. The molecule has 0 bridgehead atoms. The lowest BCUT2D eigenvalue weighted by atomic mass is 9.78. The van der Waals surface area contributed by atoms with Gasteiger partial charge in [-0.3, -0.25) is 9.78 Å². The second kappa shape index (κ2) is 11.3. The predicted octanol–water partition coefficient (Wildman–Crippen LogP) is 6.97. The number of aromatic hydroxyl groups is 1. The molecule has 3 aromatic rings. The second-order valence-electron chi connectivity index (χ2n) is 12.8. The van der Waals surface area contributed by atoms with Crippen LogP contribution in [0, 0.1) is 0 Å². The smallest absolute Gasteiger partial charge is 0.224 e. The van der Waals surface area contributed by atoms with Crippen molar-refractivity contribution in [2.45, 2.75) is 97.3 Å². The molecule has 2 aromatic carbocycles. The number of amides is 1. The molecule has 0 aliphatic heterocycles. The van der Waals surface area contributed by atoms with E-state index in [1.165, 1.54) is 42.6 Å². The van der Waals surface area contributed by atoms with E-state index in [0.29, 0.717) is 25.3 Å². The lowest BCUT2D eigenvalue weighted by molar-refractivity contribution is -0.120. The zero-order valence-corrected chi connectivity index (χ0v) is 24.1. The van der Waals surface area contributed by atoms with Gasteiger partial charge in [-0.05, 0) is 64.8 Å². The van der Waals surface area contributed by atoms with Gasteiger partial charge in [0, 0.05) is 29.9 Å². The molecule has 0 saturated heterocycles. The third-order valence-electron chi connectivity index (χ3n) is 7.57. The zero-order valence-electron chi connectivity index (χ0n) is 24.1. The van der Waals surface area contributed by atoms with Crippen LogP contribution in [-0.2, 0) is 34.9 Å². The van der Waals surface area contributed by atoms with Crippen molar-refractivity contribution in [3.63, 3.8) is 0 Å². The van der Waals surface area contributed by atoms with Gasteiger partial charge in [0.2, 0.25) is 5.91 Å². The maximum atomic E-state index is 12.9. The standard InChI is InChI=1S/C33H45N3O2/c1-32(2,3)25-19-22(20-26(31(25)38)33(4,5)6)21-29(37)34-17-18-35-30-23-13-9-7-8-10-15-27(23)36-28-16-12-11-14-24(28)30/h11-12,14,16,19-20,38H,7-10,13,15,17-18,21H2,1-6H3,(H,34,37)(H,35,36). The van der Waals surface area contributed by atoms with Crippen LogP contribution < -0.4 is 10.6 Å². The second-order valence-corrected chi connectivity index (χ2v) is 12.8. The molecular weight excluding hydrogens is 470 g/mol. The number of para-hydroxylation sites is 1. The summed E-state index contributed by atoms with van der Waals surface area (Å²) in [5.74, 6) is 0.338. The third kappa shape index (κ3) is 6.48. The minimum Gasteiger partial charge on any atom is -0.507 e. The van der Waals surface area contributed by atoms with Gasteiger partial charge >= 0.3 is 0 Å². The van der Waals surface area contributed by atoms with E-state index >= 15 is 0 Å². The first-order valence-electron chi connectivity index (χ1n) is 14.2. The molecule has 1 amide bonds. The highest BCUT2D eigenvalue weighted by Gasteiger charge is 2.27. The van der Waals surface area contributed by atoms with E-state index in [1.807, 2.05) is 18.2 Å². The molecule has 5 heteroatoms. The molecule has 0 spiro atoms. The number of nitrogens with one attached hydrogen (secondary N) is 2. The number of aryl methyl sites for hydroxylation is 1. The largest absolute Gasteiger partial charge is 0.507 e. The number of benzene rings is 2. The monoisotopic (exact) mass is 515 g/mol. The van der Waals surface area contributed by atoms with Gasteiger partial charge < -0.3 is 15.7 Å². The topological polar surface area (TPSA) is 74.2 Å². The minimum absolute atomic E-state index is 0.00730. The van der Waals surface area contributed by atoms with E-state index in [1.54, 1.807) is 0 Å². The lowest BCUT2D eigenvalue weighted by Gasteiger charge is -2.28. The van der Waals surface area contributed by atoms with E-state index in [0.717, 1.165) is 40.4 Å². The summed E-state index contributed by atoms with van der Waals surface area (Å²) in [7, 11) is 0. The Hall–Kier alpha value is -3.08. The van der Waals surface area contributed by atoms with Crippen molar-refractivity contribution in [1.82, 2.24) is 10.3 Å². The average molecular weight is 516 g/mol. The first-order valence-corrected chi connectivity index (χ1v) is 14.2. The normalized spacial score (nSPS) is 14.5. The Kier molecular flexibility index (Phi) is 8.34. The van der Waals surface area contributed by atoms with Gasteiger partial charge in [-0.1, -0.05) is 84.7 Å². The number of phenols is 1. The van der Waals surface area contributed by atoms with Crippen molar-refractivity contribution < 1.29 is 9.90 Å². The lowest BCUT2D eigenvalue weighted by Crippen LogP contribution is -2.30. The van der Waals surface area contributed by atoms with E-state index in [2.05, 4.69) is 70.4 Å². The fraction of sp³-hybridized carbons (Fsp3) is 0.515. The van der Waals surface area contributed by atoms with Crippen LogP contribution >= 0.6 is 0 Å². The molecule has 1 heterocycles. The van der Waals surface area contributed by atoms with Crippen molar-refractivity contribution in [1.29, 1.82) is 0 Å². The molecule has 1 aliphatic carbocycles. The van der Waals surface area contributed by atoms with Gasteiger partial charge in [0.05, 0.1) is 11.9 Å². The van der Waals surface area contributed by atoms with Crippen molar-refractivity contribution in [2.75, 3.05) is 18.4 Å². The third-order valence-corrected chi connectivity index (χ3v) is 7.57. The average Bonchev–Trinajstić information content (AvgIpc) is 2.82. The highest BCUT2D eigenvalue weighted by molar-refractivity contribution is 5.93. The molecule has 1 aromatic heterocycles. The Morgan fingerprint density at radius 1 is 0.895 bits per heavy atom. The number of rotatable bonds is 6. The van der Waals surface area contributed by atoms with E-state index in [9.17, 15) is 9.90 Å². The fourth-order valence-electron chi connectivity index (χ4n) is 5.51. The highest BCUT2D eigenvalue weighted by atomic mass is 16.3. The van der Waals surface area contributed by atoms with Gasteiger partial charge in [-0.15, -0.1) is 0 Å². The summed E-state index contributed by atoms with van der Waals surface area (Å²) in [4.78, 5) is 18.0. The van der Waals surface area contributed by atoms with Crippen LogP contribution in [-0.4, -0.2) is 29.1 Å². The number of hydrogen-bond donors (Lipinski definition) is 3. The molecule has 0 atom stereocenters. The van der Waals surface area contributed by atoms with E-state index in [-0.39, 0.29) is 16.7 Å². The van der Waals surface area contributed by atoms with Crippen LogP contribution in [0.25, 0.3) is 10.9 Å². The zero-order chi connectivity index (χ0) is 27.5. The highest BCUT2D eigenvalue weighted by Crippen LogP contribution is 2.40. The fourth-order valence-corrected chi connectivity index (χ4v) is 5.51. The number of fused-ring (bicyclic) bond motifs is 2. The quantitative estimate of drug-likeness (QED) is 0.310. The van der Waals surface area contributed by atoms with Crippen molar-refractivity contribution in [3.8, 4) is 5.75 Å². The van der Waals surface area contributed by atoms with Crippen LogP contribution in [0.2, 0.25) is 0 Å². The molecule has 0 radical (unpaired) electrons. The van der Waals surface area contributed by atoms with Gasteiger partial charge in [0.1, 0.15) is 5.75 Å². The summed E-state index contributed by atoms with van der Waals surface area (Å²) in [6.07, 6.45) is 7.31. The van der Waals surface area contributed by atoms with Gasteiger partial charge in [0.25, 0.3) is 0 Å². The molecular formula is C33H45N3O2. The Bertz CT molecular complexity index is 1260. The molecule has 1 aliphatic rings. The summed E-state index contributed by atoms with van der Waals surface area (Å²) in [5.41, 5.74) is 7.07. The van der Waals surface area contributed by atoms with Crippen LogP contribution in [0.5, 0.6) is 5.75 Å². The van der Waals surface area contributed by atoms with Crippen LogP contribution in [0.4, 0.5) is 5.69 Å². The Morgan fingerprint density at radius 2 is 1.53 bits per heavy atom. The number of nitrogens with zero attached hydrogens (tertiary/aromatic N) is 1. The molecule has 0 unspecified atom stereocenters. The molecule has 3 N–H and O–H groups in total. The maximum absolute atomic E-state index is 12.9. The number of pyridine rings is 1. The SMILES string of the molecule is CC(C)(C)c1cc(CC(=O)NCCNc2c3c(nc4ccccc24)CCCCCC3)cc(C(C)(C)C)c1O. The first kappa shape index (κ1) is 27.9. The van der Waals surface area contributed by atoms with E-state index in [4.69, 9.17) is 4.98 Å². The number of aromatic nitrogens is 1. The summed E-state index contributed by atoms with van der Waals surface area (Å²) >= 11 is 0.